The third-order valence-corrected chi connectivity index (χ3v) is 5.66. The molecule has 1 saturated carbocycles. The second-order valence-corrected chi connectivity index (χ2v) is 7.28. The summed E-state index contributed by atoms with van der Waals surface area (Å²) in [5.74, 6) is 1.47. The Kier molecular flexibility index (Phi) is 4.62. The lowest BCUT2D eigenvalue weighted by molar-refractivity contribution is -0.144. The van der Waals surface area contributed by atoms with Gasteiger partial charge in [0.2, 0.25) is 17.6 Å². The summed E-state index contributed by atoms with van der Waals surface area (Å²) in [5, 5.41) is 5.99. The number of hydrogen-bond acceptors (Lipinski definition) is 6. The van der Waals surface area contributed by atoms with Crippen LogP contribution in [0.4, 0.5) is 0 Å². The van der Waals surface area contributed by atoms with E-state index in [1.807, 2.05) is 22.4 Å². The van der Waals surface area contributed by atoms with Gasteiger partial charge >= 0.3 is 0 Å². The van der Waals surface area contributed by atoms with Gasteiger partial charge in [0.15, 0.2) is 0 Å². The molecule has 0 bridgehead atoms. The summed E-state index contributed by atoms with van der Waals surface area (Å²) in [7, 11) is 0. The van der Waals surface area contributed by atoms with Gasteiger partial charge in [0, 0.05) is 19.4 Å². The Balaban J connectivity index is 1.28. The Morgan fingerprint density at radius 2 is 2.38 bits per heavy atom. The molecule has 6 nitrogen and oxygen atoms in total. The average Bonchev–Trinajstić information content (AvgIpc) is 3.34. The highest BCUT2D eigenvalue weighted by atomic mass is 32.1. The van der Waals surface area contributed by atoms with Crippen LogP contribution in [0.3, 0.4) is 0 Å². The molecule has 0 radical (unpaired) electrons. The number of rotatable bonds is 5. The van der Waals surface area contributed by atoms with Crippen molar-refractivity contribution in [3.05, 3.63) is 23.4 Å². The minimum atomic E-state index is 0.230. The highest BCUT2D eigenvalue weighted by Gasteiger charge is 2.37. The Labute approximate surface area is 144 Å². The zero-order chi connectivity index (χ0) is 16.4. The third-order valence-electron chi connectivity index (χ3n) is 4.79. The summed E-state index contributed by atoms with van der Waals surface area (Å²) in [4.78, 5) is 20.0. The lowest BCUT2D eigenvalue weighted by Gasteiger charge is -2.37. The Bertz CT molecular complexity index is 685. The van der Waals surface area contributed by atoms with Crippen LogP contribution in [-0.4, -0.2) is 46.2 Å². The topological polar surface area (TPSA) is 68.5 Å². The molecule has 0 aromatic carbocycles. The van der Waals surface area contributed by atoms with Gasteiger partial charge in [-0.3, -0.25) is 4.79 Å². The van der Waals surface area contributed by atoms with Crippen LogP contribution < -0.4 is 0 Å². The molecule has 7 heteroatoms. The van der Waals surface area contributed by atoms with Gasteiger partial charge in [0.1, 0.15) is 0 Å². The first-order valence-corrected chi connectivity index (χ1v) is 9.47. The Hall–Kier alpha value is -1.73. The van der Waals surface area contributed by atoms with E-state index in [2.05, 4.69) is 10.1 Å². The Morgan fingerprint density at radius 3 is 3.25 bits per heavy atom. The molecule has 3 heterocycles. The number of morpholine rings is 1. The van der Waals surface area contributed by atoms with Gasteiger partial charge in [-0.25, -0.2) is 0 Å². The quantitative estimate of drug-likeness (QED) is 0.832. The van der Waals surface area contributed by atoms with Gasteiger partial charge < -0.3 is 14.2 Å². The summed E-state index contributed by atoms with van der Waals surface area (Å²) in [5.41, 5.74) is 0. The standard InChI is InChI=1S/C17H21N3O3S/c21-16(20-9-10-22-13-5-1-4-12(13)20)8-2-7-15-18-17(19-23-15)14-6-3-11-24-14/h3,6,11-13H,1-2,4-5,7-10H2/t12-,13-/m0/s1. The number of amides is 1. The molecule has 1 aliphatic heterocycles. The maximum atomic E-state index is 12.5. The second-order valence-electron chi connectivity index (χ2n) is 6.34. The number of carbonyl (C=O) groups excluding carboxylic acids is 1. The third kappa shape index (κ3) is 3.23. The molecule has 2 fully saturated rings. The maximum Gasteiger partial charge on any atom is 0.226 e. The fourth-order valence-corrected chi connectivity index (χ4v) is 4.28. The number of thiophene rings is 1. The summed E-state index contributed by atoms with van der Waals surface area (Å²) < 4.78 is 11.1. The lowest BCUT2D eigenvalue weighted by Crippen LogP contribution is -2.51. The summed E-state index contributed by atoms with van der Waals surface area (Å²) in [6.07, 6.45) is 5.48. The fourth-order valence-electron chi connectivity index (χ4n) is 3.63. The number of carbonyl (C=O) groups is 1. The first-order chi connectivity index (χ1) is 11.8. The van der Waals surface area contributed by atoms with Crippen LogP contribution in [0.15, 0.2) is 22.0 Å². The number of aryl methyl sites for hydroxylation is 1. The van der Waals surface area contributed by atoms with Crippen molar-refractivity contribution in [1.82, 2.24) is 15.0 Å². The normalized spacial score (nSPS) is 23.4. The van der Waals surface area contributed by atoms with Crippen LogP contribution >= 0.6 is 11.3 Å². The molecular formula is C17H21N3O3S. The van der Waals surface area contributed by atoms with Crippen LogP contribution in [0.5, 0.6) is 0 Å². The zero-order valence-corrected chi connectivity index (χ0v) is 14.3. The van der Waals surface area contributed by atoms with Crippen molar-refractivity contribution in [3.63, 3.8) is 0 Å². The van der Waals surface area contributed by atoms with Crippen molar-refractivity contribution >= 4 is 17.2 Å². The predicted molar refractivity (Wildman–Crippen MR) is 89.6 cm³/mol. The molecular weight excluding hydrogens is 326 g/mol. The number of nitrogens with zero attached hydrogens (tertiary/aromatic N) is 3. The largest absolute Gasteiger partial charge is 0.374 e. The van der Waals surface area contributed by atoms with E-state index in [9.17, 15) is 4.79 Å². The van der Waals surface area contributed by atoms with Gasteiger partial charge in [-0.15, -0.1) is 11.3 Å². The van der Waals surface area contributed by atoms with Crippen molar-refractivity contribution in [1.29, 1.82) is 0 Å². The Morgan fingerprint density at radius 1 is 1.42 bits per heavy atom. The minimum Gasteiger partial charge on any atom is -0.374 e. The summed E-state index contributed by atoms with van der Waals surface area (Å²) in [6.45, 7) is 1.39. The molecule has 2 atom stereocenters. The molecule has 4 rings (SSSR count). The van der Waals surface area contributed by atoms with Crippen LogP contribution in [-0.2, 0) is 16.0 Å². The first kappa shape index (κ1) is 15.8. The molecule has 128 valence electrons. The first-order valence-electron chi connectivity index (χ1n) is 8.59. The van der Waals surface area contributed by atoms with E-state index in [-0.39, 0.29) is 12.0 Å². The van der Waals surface area contributed by atoms with Crippen molar-refractivity contribution in [2.45, 2.75) is 50.7 Å². The molecule has 0 spiro atoms. The monoisotopic (exact) mass is 347 g/mol. The van der Waals surface area contributed by atoms with E-state index < -0.39 is 0 Å². The summed E-state index contributed by atoms with van der Waals surface area (Å²) >= 11 is 1.59. The summed E-state index contributed by atoms with van der Waals surface area (Å²) in [6, 6.07) is 4.23. The van der Waals surface area contributed by atoms with E-state index in [0.29, 0.717) is 37.2 Å². The van der Waals surface area contributed by atoms with Crippen LogP contribution in [0.2, 0.25) is 0 Å². The number of ether oxygens (including phenoxy) is 1. The van der Waals surface area contributed by atoms with E-state index in [0.717, 1.165) is 37.1 Å². The van der Waals surface area contributed by atoms with E-state index in [1.165, 1.54) is 0 Å². The van der Waals surface area contributed by atoms with Gasteiger partial charge in [0.05, 0.1) is 23.6 Å². The molecule has 0 unspecified atom stereocenters. The minimum absolute atomic E-state index is 0.230. The van der Waals surface area contributed by atoms with E-state index in [1.54, 1.807) is 11.3 Å². The molecule has 1 saturated heterocycles. The molecule has 2 aromatic heterocycles. The number of aromatic nitrogens is 2. The highest BCUT2D eigenvalue weighted by Crippen LogP contribution is 2.30. The van der Waals surface area contributed by atoms with Crippen molar-refractivity contribution in [2.24, 2.45) is 0 Å². The smallest absolute Gasteiger partial charge is 0.226 e. The van der Waals surface area contributed by atoms with Gasteiger partial charge in [-0.05, 0) is 37.1 Å². The van der Waals surface area contributed by atoms with Crippen LogP contribution in [0.25, 0.3) is 10.7 Å². The van der Waals surface area contributed by atoms with Crippen molar-refractivity contribution < 1.29 is 14.1 Å². The van der Waals surface area contributed by atoms with E-state index >= 15 is 0 Å². The lowest BCUT2D eigenvalue weighted by atomic mass is 10.1. The van der Waals surface area contributed by atoms with Gasteiger partial charge in [-0.2, -0.15) is 4.98 Å². The van der Waals surface area contributed by atoms with Crippen LogP contribution in [0, 0.1) is 0 Å². The fraction of sp³-hybridized carbons (Fsp3) is 0.588. The highest BCUT2D eigenvalue weighted by molar-refractivity contribution is 7.13. The second kappa shape index (κ2) is 7.03. The predicted octanol–water partition coefficient (Wildman–Crippen LogP) is 2.90. The van der Waals surface area contributed by atoms with Crippen LogP contribution in [0.1, 0.15) is 38.0 Å². The van der Waals surface area contributed by atoms with E-state index in [4.69, 9.17) is 9.26 Å². The maximum absolute atomic E-state index is 12.5. The SMILES string of the molecule is O=C(CCCc1nc(-c2cccs2)no1)N1CCO[C@H]2CCC[C@@H]21. The molecule has 2 aromatic rings. The zero-order valence-electron chi connectivity index (χ0n) is 13.5. The molecule has 1 amide bonds. The van der Waals surface area contributed by atoms with Crippen molar-refractivity contribution in [2.75, 3.05) is 13.2 Å². The molecule has 2 aliphatic rings. The molecule has 24 heavy (non-hydrogen) atoms. The number of hydrogen-bond donors (Lipinski definition) is 0. The number of fused-ring (bicyclic) bond motifs is 1. The average molecular weight is 347 g/mol. The van der Waals surface area contributed by atoms with Gasteiger partial charge in [0.25, 0.3) is 0 Å². The molecule has 1 aliphatic carbocycles. The van der Waals surface area contributed by atoms with Crippen molar-refractivity contribution in [3.8, 4) is 10.7 Å². The van der Waals surface area contributed by atoms with Gasteiger partial charge in [-0.1, -0.05) is 11.2 Å². The molecule has 0 N–H and O–H groups in total.